The van der Waals surface area contributed by atoms with Crippen molar-refractivity contribution in [2.45, 2.75) is 103 Å². The SMILES string of the molecule is C[C@@H]1CC[C@@H]2[C@]3(C)COC(C)(C)O[C@H]3CC[C@]2(C)[C@@]12CC[C@]1(CCOC1)O2. The van der Waals surface area contributed by atoms with Crippen molar-refractivity contribution in [3.8, 4) is 0 Å². The fourth-order valence-electron chi connectivity index (χ4n) is 7.86. The molecule has 2 aliphatic carbocycles. The molecule has 0 amide bonds. The summed E-state index contributed by atoms with van der Waals surface area (Å²) in [7, 11) is 0. The molecule has 0 N–H and O–H groups in total. The van der Waals surface area contributed by atoms with E-state index in [-0.39, 0.29) is 22.0 Å². The molecule has 7 atom stereocenters. The van der Waals surface area contributed by atoms with Crippen LogP contribution in [0, 0.1) is 22.7 Å². The zero-order valence-electron chi connectivity index (χ0n) is 17.9. The molecule has 0 aromatic rings. The van der Waals surface area contributed by atoms with Crippen LogP contribution in [0.15, 0.2) is 0 Å². The molecule has 27 heavy (non-hydrogen) atoms. The lowest BCUT2D eigenvalue weighted by Crippen LogP contribution is -2.68. The molecule has 154 valence electrons. The standard InChI is InChI=1S/C23H38O4/c1-16-6-7-17-20(4)14-25-19(2,3)26-18(20)8-9-21(17,5)23(16)11-10-22(27-23)12-13-24-15-22/h16-18H,6-15H2,1-5H3/t16-,17-,18+,20+,21+,22-,23-/m1/s1. The summed E-state index contributed by atoms with van der Waals surface area (Å²) >= 11 is 0. The third kappa shape index (κ3) is 2.42. The van der Waals surface area contributed by atoms with Crippen LogP contribution in [-0.4, -0.2) is 42.9 Å². The molecular formula is C23H38O4. The van der Waals surface area contributed by atoms with E-state index in [1.54, 1.807) is 0 Å². The van der Waals surface area contributed by atoms with Crippen molar-refractivity contribution in [3.05, 3.63) is 0 Å². The third-order valence-electron chi connectivity index (χ3n) is 9.45. The largest absolute Gasteiger partial charge is 0.378 e. The Morgan fingerprint density at radius 2 is 1.67 bits per heavy atom. The van der Waals surface area contributed by atoms with Gasteiger partial charge in [0, 0.05) is 23.9 Å². The first-order chi connectivity index (χ1) is 12.7. The molecule has 0 aromatic heterocycles. The van der Waals surface area contributed by atoms with Crippen molar-refractivity contribution in [2.75, 3.05) is 19.8 Å². The minimum atomic E-state index is -0.452. The molecule has 0 bridgehead atoms. The lowest BCUT2D eigenvalue weighted by atomic mass is 9.43. The molecule has 5 rings (SSSR count). The first kappa shape index (κ1) is 18.8. The number of fused-ring (bicyclic) bond motifs is 4. The molecule has 4 heteroatoms. The minimum absolute atomic E-state index is 0.00936. The minimum Gasteiger partial charge on any atom is -0.378 e. The smallest absolute Gasteiger partial charge is 0.163 e. The van der Waals surface area contributed by atoms with Crippen molar-refractivity contribution in [1.29, 1.82) is 0 Å². The van der Waals surface area contributed by atoms with Crippen molar-refractivity contribution >= 4 is 0 Å². The van der Waals surface area contributed by atoms with Crippen LogP contribution in [0.3, 0.4) is 0 Å². The van der Waals surface area contributed by atoms with Crippen LogP contribution in [0.2, 0.25) is 0 Å². The van der Waals surface area contributed by atoms with Gasteiger partial charge in [-0.05, 0) is 64.2 Å². The van der Waals surface area contributed by atoms with Crippen LogP contribution in [0.5, 0.6) is 0 Å². The van der Waals surface area contributed by atoms with Gasteiger partial charge in [0.05, 0.1) is 30.5 Å². The molecule has 3 aliphatic heterocycles. The zero-order chi connectivity index (χ0) is 19.1. The Kier molecular flexibility index (Phi) is 3.99. The quantitative estimate of drug-likeness (QED) is 0.612. The van der Waals surface area contributed by atoms with E-state index >= 15 is 0 Å². The Balaban J connectivity index is 1.51. The van der Waals surface area contributed by atoms with Crippen molar-refractivity contribution in [2.24, 2.45) is 22.7 Å². The van der Waals surface area contributed by atoms with Crippen molar-refractivity contribution in [1.82, 2.24) is 0 Å². The van der Waals surface area contributed by atoms with Gasteiger partial charge in [-0.15, -0.1) is 0 Å². The van der Waals surface area contributed by atoms with E-state index in [2.05, 4.69) is 34.6 Å². The van der Waals surface area contributed by atoms with Crippen molar-refractivity contribution < 1.29 is 18.9 Å². The average molecular weight is 379 g/mol. The van der Waals surface area contributed by atoms with Gasteiger partial charge in [0.25, 0.3) is 0 Å². The highest BCUT2D eigenvalue weighted by Crippen LogP contribution is 2.69. The van der Waals surface area contributed by atoms with Crippen LogP contribution in [-0.2, 0) is 18.9 Å². The summed E-state index contributed by atoms with van der Waals surface area (Å²) < 4.78 is 25.6. The van der Waals surface area contributed by atoms with Crippen LogP contribution in [0.1, 0.15) is 79.6 Å². The molecule has 3 heterocycles. The Hall–Kier alpha value is -0.160. The van der Waals surface area contributed by atoms with Crippen LogP contribution in [0.25, 0.3) is 0 Å². The summed E-state index contributed by atoms with van der Waals surface area (Å²) in [5.41, 5.74) is 0.250. The molecule has 5 fully saturated rings. The van der Waals surface area contributed by atoms with E-state index in [9.17, 15) is 0 Å². The first-order valence-corrected chi connectivity index (χ1v) is 11.2. The van der Waals surface area contributed by atoms with E-state index in [1.165, 1.54) is 32.1 Å². The predicted molar refractivity (Wildman–Crippen MR) is 103 cm³/mol. The van der Waals surface area contributed by atoms with Crippen LogP contribution < -0.4 is 0 Å². The second-order valence-electron chi connectivity index (χ2n) is 11.3. The molecular weight excluding hydrogens is 340 g/mol. The van der Waals surface area contributed by atoms with E-state index in [0.717, 1.165) is 32.7 Å². The molecule has 0 aromatic carbocycles. The summed E-state index contributed by atoms with van der Waals surface area (Å²) in [5.74, 6) is 0.751. The number of hydrogen-bond donors (Lipinski definition) is 0. The third-order valence-corrected chi connectivity index (χ3v) is 9.45. The second kappa shape index (κ2) is 5.71. The predicted octanol–water partition coefficient (Wildman–Crippen LogP) is 4.70. The lowest BCUT2D eigenvalue weighted by molar-refractivity contribution is -0.358. The highest BCUT2D eigenvalue weighted by molar-refractivity contribution is 5.18. The maximum absolute atomic E-state index is 7.18. The van der Waals surface area contributed by atoms with Gasteiger partial charge in [0.15, 0.2) is 5.79 Å². The lowest BCUT2D eigenvalue weighted by Gasteiger charge is -2.67. The Morgan fingerprint density at radius 1 is 0.852 bits per heavy atom. The van der Waals surface area contributed by atoms with E-state index < -0.39 is 5.79 Å². The Labute approximate surface area is 164 Å². The summed E-state index contributed by atoms with van der Waals surface area (Å²) in [5, 5.41) is 0. The molecule has 2 spiro atoms. The van der Waals surface area contributed by atoms with Gasteiger partial charge >= 0.3 is 0 Å². The van der Waals surface area contributed by atoms with E-state index in [1.807, 2.05) is 0 Å². The van der Waals surface area contributed by atoms with Gasteiger partial charge in [-0.1, -0.05) is 20.8 Å². The van der Waals surface area contributed by atoms with Gasteiger partial charge in [0.2, 0.25) is 0 Å². The highest BCUT2D eigenvalue weighted by atomic mass is 16.7. The molecule has 5 aliphatic rings. The number of ether oxygens (including phenoxy) is 4. The molecule has 0 unspecified atom stereocenters. The summed E-state index contributed by atoms with van der Waals surface area (Å²) in [6, 6.07) is 0. The van der Waals surface area contributed by atoms with Crippen LogP contribution >= 0.6 is 0 Å². The maximum Gasteiger partial charge on any atom is 0.163 e. The second-order valence-corrected chi connectivity index (χ2v) is 11.3. The summed E-state index contributed by atoms with van der Waals surface area (Å²) in [6.45, 7) is 14.0. The topological polar surface area (TPSA) is 36.9 Å². The fraction of sp³-hybridized carbons (Fsp3) is 1.00. The molecule has 3 saturated heterocycles. The van der Waals surface area contributed by atoms with Crippen molar-refractivity contribution in [3.63, 3.8) is 0 Å². The molecule has 0 radical (unpaired) electrons. The molecule has 4 nitrogen and oxygen atoms in total. The van der Waals surface area contributed by atoms with Gasteiger partial charge < -0.3 is 18.9 Å². The first-order valence-electron chi connectivity index (χ1n) is 11.2. The average Bonchev–Trinajstić information content (AvgIpc) is 3.23. The zero-order valence-corrected chi connectivity index (χ0v) is 17.9. The highest BCUT2D eigenvalue weighted by Gasteiger charge is 2.70. The number of rotatable bonds is 0. The fourth-order valence-corrected chi connectivity index (χ4v) is 7.86. The summed E-state index contributed by atoms with van der Waals surface area (Å²) in [6.07, 6.45) is 8.58. The van der Waals surface area contributed by atoms with E-state index in [4.69, 9.17) is 18.9 Å². The Morgan fingerprint density at radius 3 is 2.41 bits per heavy atom. The molecule has 2 saturated carbocycles. The Bertz CT molecular complexity index is 611. The van der Waals surface area contributed by atoms with E-state index in [0.29, 0.717) is 17.9 Å². The summed E-state index contributed by atoms with van der Waals surface area (Å²) in [4.78, 5) is 0. The maximum atomic E-state index is 7.18. The van der Waals surface area contributed by atoms with Gasteiger partial charge in [-0.2, -0.15) is 0 Å². The van der Waals surface area contributed by atoms with Crippen LogP contribution in [0.4, 0.5) is 0 Å². The van der Waals surface area contributed by atoms with Gasteiger partial charge in [-0.25, -0.2) is 0 Å². The number of hydrogen-bond acceptors (Lipinski definition) is 4. The normalized spacial score (nSPS) is 57.0. The van der Waals surface area contributed by atoms with Gasteiger partial charge in [-0.3, -0.25) is 0 Å². The monoisotopic (exact) mass is 378 g/mol. The van der Waals surface area contributed by atoms with Gasteiger partial charge in [0.1, 0.15) is 0 Å².